The third kappa shape index (κ3) is 5.17. The summed E-state index contributed by atoms with van der Waals surface area (Å²) >= 11 is 0. The molecule has 3 rings (SSSR count). The van der Waals surface area contributed by atoms with Gasteiger partial charge >= 0.3 is 11.8 Å². The van der Waals surface area contributed by atoms with Crippen molar-refractivity contribution in [2.24, 2.45) is 0 Å². The maximum atomic E-state index is 12.1. The lowest BCUT2D eigenvalue weighted by molar-refractivity contribution is -0.136. The van der Waals surface area contributed by atoms with E-state index >= 15 is 0 Å². The van der Waals surface area contributed by atoms with Crippen molar-refractivity contribution in [3.05, 3.63) is 60.2 Å². The third-order valence-electron chi connectivity index (χ3n) is 4.51. The van der Waals surface area contributed by atoms with Gasteiger partial charge in [0.15, 0.2) is 0 Å². The molecular formula is C21H23N3O4. The minimum Gasteiger partial charge on any atom is -0.391 e. The highest BCUT2D eigenvalue weighted by atomic mass is 16.3. The fraction of sp³-hybridized carbons (Fsp3) is 0.286. The van der Waals surface area contributed by atoms with Gasteiger partial charge in [0, 0.05) is 37.3 Å². The first-order valence-electron chi connectivity index (χ1n) is 9.24. The van der Waals surface area contributed by atoms with E-state index in [4.69, 9.17) is 0 Å². The summed E-state index contributed by atoms with van der Waals surface area (Å²) in [7, 11) is 0. The highest BCUT2D eigenvalue weighted by molar-refractivity contribution is 6.39. The fourth-order valence-corrected chi connectivity index (χ4v) is 3.11. The lowest BCUT2D eigenvalue weighted by Crippen LogP contribution is -2.40. The van der Waals surface area contributed by atoms with Crippen LogP contribution in [0.4, 0.5) is 11.4 Å². The molecule has 1 aliphatic rings. The van der Waals surface area contributed by atoms with E-state index in [-0.39, 0.29) is 12.5 Å². The average molecular weight is 381 g/mol. The average Bonchev–Trinajstić information content (AvgIpc) is 3.13. The van der Waals surface area contributed by atoms with Gasteiger partial charge in [0.2, 0.25) is 5.91 Å². The molecule has 0 radical (unpaired) electrons. The van der Waals surface area contributed by atoms with Crippen molar-refractivity contribution in [2.75, 3.05) is 23.3 Å². The van der Waals surface area contributed by atoms with Crippen LogP contribution < -0.4 is 15.5 Å². The van der Waals surface area contributed by atoms with Gasteiger partial charge in [0.1, 0.15) is 0 Å². The van der Waals surface area contributed by atoms with Crippen molar-refractivity contribution < 1.29 is 19.5 Å². The molecule has 28 heavy (non-hydrogen) atoms. The van der Waals surface area contributed by atoms with Crippen molar-refractivity contribution in [1.29, 1.82) is 0 Å². The Bertz CT molecular complexity index is 854. The molecule has 0 aliphatic carbocycles. The smallest absolute Gasteiger partial charge is 0.313 e. The van der Waals surface area contributed by atoms with E-state index in [1.54, 1.807) is 29.2 Å². The number of nitrogens with zero attached hydrogens (tertiary/aromatic N) is 1. The van der Waals surface area contributed by atoms with Gasteiger partial charge in [-0.25, -0.2) is 0 Å². The predicted octanol–water partition coefficient (Wildman–Crippen LogP) is 1.47. The maximum Gasteiger partial charge on any atom is 0.313 e. The Morgan fingerprint density at radius 2 is 1.86 bits per heavy atom. The predicted molar refractivity (Wildman–Crippen MR) is 106 cm³/mol. The zero-order valence-corrected chi connectivity index (χ0v) is 15.4. The van der Waals surface area contributed by atoms with Crippen LogP contribution in [0.2, 0.25) is 0 Å². The minimum absolute atomic E-state index is 0.0243. The van der Waals surface area contributed by atoms with Gasteiger partial charge in [-0.1, -0.05) is 36.4 Å². The minimum atomic E-state index is -0.824. The van der Waals surface area contributed by atoms with Crippen LogP contribution in [0.25, 0.3) is 0 Å². The molecule has 0 spiro atoms. The van der Waals surface area contributed by atoms with Crippen LogP contribution in [0.15, 0.2) is 54.6 Å². The standard InChI is InChI=1S/C21H23N3O4/c25-18(12-15-6-2-1-3-7-15)14-22-20(27)21(28)23-16-8-4-9-17(13-16)24-11-5-10-19(24)26/h1-4,6-9,13,18,25H,5,10-12,14H2,(H,22,27)(H,23,28)/t18-/m1/s1. The fourth-order valence-electron chi connectivity index (χ4n) is 3.11. The molecule has 7 heteroatoms. The van der Waals surface area contributed by atoms with Gasteiger partial charge in [-0.3, -0.25) is 14.4 Å². The largest absolute Gasteiger partial charge is 0.391 e. The Kier molecular flexibility index (Phi) is 6.39. The number of nitrogens with one attached hydrogen (secondary N) is 2. The molecular weight excluding hydrogens is 358 g/mol. The number of amides is 3. The van der Waals surface area contributed by atoms with Crippen molar-refractivity contribution in [3.63, 3.8) is 0 Å². The monoisotopic (exact) mass is 381 g/mol. The van der Waals surface area contributed by atoms with Crippen LogP contribution in [0.1, 0.15) is 18.4 Å². The molecule has 1 saturated heterocycles. The summed E-state index contributed by atoms with van der Waals surface area (Å²) in [6.07, 6.45) is 0.922. The molecule has 2 aromatic carbocycles. The summed E-state index contributed by atoms with van der Waals surface area (Å²) in [5.41, 5.74) is 2.07. The van der Waals surface area contributed by atoms with Crippen LogP contribution in [-0.2, 0) is 20.8 Å². The Labute approximate surface area is 163 Å². The summed E-state index contributed by atoms with van der Waals surface area (Å²) < 4.78 is 0. The SMILES string of the molecule is O=C(NC[C@H](O)Cc1ccccc1)C(=O)Nc1cccc(N2CCCC2=O)c1. The second kappa shape index (κ2) is 9.14. The maximum absolute atomic E-state index is 12.1. The Morgan fingerprint density at radius 3 is 2.57 bits per heavy atom. The summed E-state index contributed by atoms with van der Waals surface area (Å²) in [6, 6.07) is 16.2. The van der Waals surface area contributed by atoms with Gasteiger partial charge in [0.05, 0.1) is 6.10 Å². The van der Waals surface area contributed by atoms with Crippen LogP contribution in [0.3, 0.4) is 0 Å². The first-order valence-corrected chi connectivity index (χ1v) is 9.24. The van der Waals surface area contributed by atoms with Gasteiger partial charge in [0.25, 0.3) is 0 Å². The number of hydrogen-bond donors (Lipinski definition) is 3. The molecule has 1 fully saturated rings. The Morgan fingerprint density at radius 1 is 1.07 bits per heavy atom. The summed E-state index contributed by atoms with van der Waals surface area (Å²) in [5.74, 6) is -1.60. The molecule has 1 atom stereocenters. The molecule has 146 valence electrons. The Hall–Kier alpha value is -3.19. The van der Waals surface area contributed by atoms with Crippen molar-refractivity contribution in [1.82, 2.24) is 5.32 Å². The summed E-state index contributed by atoms with van der Waals surface area (Å²) in [6.45, 7) is 0.624. The summed E-state index contributed by atoms with van der Waals surface area (Å²) in [5, 5.41) is 15.0. The second-order valence-electron chi connectivity index (χ2n) is 6.71. The number of anilines is 2. The number of aliphatic hydroxyl groups excluding tert-OH is 1. The molecule has 1 aliphatic heterocycles. The van der Waals surface area contributed by atoms with Gasteiger partial charge in [-0.15, -0.1) is 0 Å². The molecule has 0 aromatic heterocycles. The lowest BCUT2D eigenvalue weighted by Gasteiger charge is -2.17. The van der Waals surface area contributed by atoms with Crippen LogP contribution in [-0.4, -0.2) is 42.0 Å². The molecule has 3 N–H and O–H groups in total. The second-order valence-corrected chi connectivity index (χ2v) is 6.71. The number of carbonyl (C=O) groups is 3. The van der Waals surface area contributed by atoms with Gasteiger partial charge in [-0.2, -0.15) is 0 Å². The molecule has 0 unspecified atom stereocenters. The highest BCUT2D eigenvalue weighted by Gasteiger charge is 2.22. The molecule has 2 aromatic rings. The first kappa shape index (κ1) is 19.6. The van der Waals surface area contributed by atoms with Crippen LogP contribution in [0, 0.1) is 0 Å². The van der Waals surface area contributed by atoms with Crippen LogP contribution >= 0.6 is 0 Å². The van der Waals surface area contributed by atoms with Gasteiger partial charge < -0.3 is 20.6 Å². The van der Waals surface area contributed by atoms with E-state index in [1.165, 1.54) is 0 Å². The number of rotatable bonds is 6. The topological polar surface area (TPSA) is 98.7 Å². The van der Waals surface area contributed by atoms with E-state index in [0.717, 1.165) is 12.0 Å². The van der Waals surface area contributed by atoms with Crippen molar-refractivity contribution in [2.45, 2.75) is 25.4 Å². The van der Waals surface area contributed by atoms with E-state index in [2.05, 4.69) is 10.6 Å². The van der Waals surface area contributed by atoms with E-state index in [1.807, 2.05) is 30.3 Å². The quantitative estimate of drug-likeness (QED) is 0.660. The molecule has 1 heterocycles. The van der Waals surface area contributed by atoms with E-state index < -0.39 is 17.9 Å². The van der Waals surface area contributed by atoms with E-state index in [9.17, 15) is 19.5 Å². The number of carbonyl (C=O) groups excluding carboxylic acids is 3. The zero-order chi connectivity index (χ0) is 19.9. The molecule has 7 nitrogen and oxygen atoms in total. The van der Waals surface area contributed by atoms with Crippen molar-refractivity contribution in [3.8, 4) is 0 Å². The molecule has 0 saturated carbocycles. The zero-order valence-electron chi connectivity index (χ0n) is 15.4. The van der Waals surface area contributed by atoms with Crippen LogP contribution in [0.5, 0.6) is 0 Å². The number of aliphatic hydroxyl groups is 1. The first-order chi connectivity index (χ1) is 13.5. The molecule has 0 bridgehead atoms. The van der Waals surface area contributed by atoms with Crippen molar-refractivity contribution >= 4 is 29.1 Å². The van der Waals surface area contributed by atoms with Gasteiger partial charge in [-0.05, 0) is 30.2 Å². The summed E-state index contributed by atoms with van der Waals surface area (Å²) in [4.78, 5) is 37.6. The lowest BCUT2D eigenvalue weighted by atomic mass is 10.1. The number of benzene rings is 2. The number of hydrogen-bond acceptors (Lipinski definition) is 4. The highest BCUT2D eigenvalue weighted by Crippen LogP contribution is 2.24. The van der Waals surface area contributed by atoms with E-state index in [0.29, 0.717) is 30.8 Å². The molecule has 3 amide bonds. The third-order valence-corrected chi connectivity index (χ3v) is 4.51. The Balaban J connectivity index is 1.50. The normalized spacial score (nSPS) is 14.6.